The third-order valence-electron chi connectivity index (χ3n) is 4.10. The summed E-state index contributed by atoms with van der Waals surface area (Å²) in [6.07, 6.45) is 0. The highest BCUT2D eigenvalue weighted by Gasteiger charge is 2.13. The monoisotopic (exact) mass is 391 g/mol. The molecular weight excluding hydrogens is 374 g/mol. The number of carbonyl (C=O) groups excluding carboxylic acids is 2. The SMILES string of the molecule is Cc1cc(C(=O)c2ccccc2)ccc1OC(=O)COc1ccc([N+](=O)[O-])cc1. The predicted molar refractivity (Wildman–Crippen MR) is 105 cm³/mol. The van der Waals surface area contributed by atoms with Crippen LogP contribution in [0.25, 0.3) is 0 Å². The highest BCUT2D eigenvalue weighted by Crippen LogP contribution is 2.22. The molecule has 0 aromatic heterocycles. The van der Waals surface area contributed by atoms with Crippen LogP contribution in [0.2, 0.25) is 0 Å². The second-order valence-electron chi connectivity index (χ2n) is 6.19. The molecular formula is C22H17NO6. The smallest absolute Gasteiger partial charge is 0.349 e. The number of nitrogens with zero attached hydrogens (tertiary/aromatic N) is 1. The summed E-state index contributed by atoms with van der Waals surface area (Å²) in [5, 5.41) is 10.6. The number of benzene rings is 3. The second-order valence-corrected chi connectivity index (χ2v) is 6.19. The minimum absolute atomic E-state index is 0.0688. The number of ether oxygens (including phenoxy) is 2. The van der Waals surface area contributed by atoms with E-state index in [1.54, 1.807) is 49.4 Å². The number of nitro groups is 1. The average molecular weight is 391 g/mol. The number of ketones is 1. The van der Waals surface area contributed by atoms with E-state index in [1.807, 2.05) is 6.07 Å². The molecule has 0 atom stereocenters. The summed E-state index contributed by atoms with van der Waals surface area (Å²) in [4.78, 5) is 34.6. The molecule has 29 heavy (non-hydrogen) atoms. The van der Waals surface area contributed by atoms with Gasteiger partial charge < -0.3 is 9.47 Å². The number of aryl methyl sites for hydroxylation is 1. The van der Waals surface area contributed by atoms with Crippen molar-refractivity contribution < 1.29 is 24.0 Å². The summed E-state index contributed by atoms with van der Waals surface area (Å²) in [6.45, 7) is 1.38. The Morgan fingerprint density at radius 1 is 0.931 bits per heavy atom. The number of nitro benzene ring substituents is 1. The van der Waals surface area contributed by atoms with Gasteiger partial charge in [-0.25, -0.2) is 4.79 Å². The van der Waals surface area contributed by atoms with E-state index in [1.165, 1.54) is 24.3 Å². The summed E-state index contributed by atoms with van der Waals surface area (Å²) in [5.41, 5.74) is 1.64. The molecule has 0 radical (unpaired) electrons. The Kier molecular flexibility index (Phi) is 5.99. The van der Waals surface area contributed by atoms with Crippen molar-refractivity contribution in [2.75, 3.05) is 6.61 Å². The fraction of sp³-hybridized carbons (Fsp3) is 0.0909. The van der Waals surface area contributed by atoms with Gasteiger partial charge in [0, 0.05) is 23.3 Å². The van der Waals surface area contributed by atoms with Crippen molar-refractivity contribution in [2.45, 2.75) is 6.92 Å². The molecule has 0 N–H and O–H groups in total. The van der Waals surface area contributed by atoms with Gasteiger partial charge >= 0.3 is 5.97 Å². The Hall–Kier alpha value is -4.00. The summed E-state index contributed by atoms with van der Waals surface area (Å²) >= 11 is 0. The van der Waals surface area contributed by atoms with Gasteiger partial charge in [-0.3, -0.25) is 14.9 Å². The Balaban J connectivity index is 1.60. The first kappa shape index (κ1) is 19.8. The third kappa shape index (κ3) is 5.04. The van der Waals surface area contributed by atoms with Gasteiger partial charge in [-0.1, -0.05) is 30.3 Å². The minimum atomic E-state index is -0.631. The molecule has 0 amide bonds. The lowest BCUT2D eigenvalue weighted by atomic mass is 10.0. The van der Waals surface area contributed by atoms with Crippen molar-refractivity contribution in [2.24, 2.45) is 0 Å². The quantitative estimate of drug-likeness (QED) is 0.198. The van der Waals surface area contributed by atoms with Gasteiger partial charge in [0.05, 0.1) is 4.92 Å². The molecule has 0 aliphatic rings. The molecule has 7 nitrogen and oxygen atoms in total. The maximum atomic E-state index is 12.5. The molecule has 3 aromatic carbocycles. The number of rotatable bonds is 7. The van der Waals surface area contributed by atoms with Gasteiger partial charge in [0.1, 0.15) is 11.5 Å². The molecule has 0 bridgehead atoms. The van der Waals surface area contributed by atoms with Gasteiger partial charge in [0.15, 0.2) is 12.4 Å². The van der Waals surface area contributed by atoms with Gasteiger partial charge in [-0.15, -0.1) is 0 Å². The molecule has 146 valence electrons. The predicted octanol–water partition coefficient (Wildman–Crippen LogP) is 4.12. The number of hydrogen-bond donors (Lipinski definition) is 0. The van der Waals surface area contributed by atoms with Crippen LogP contribution in [0.3, 0.4) is 0 Å². The van der Waals surface area contributed by atoms with Crippen molar-refractivity contribution in [3.05, 3.63) is 99.6 Å². The molecule has 0 heterocycles. The van der Waals surface area contributed by atoms with Crippen LogP contribution in [0.4, 0.5) is 5.69 Å². The zero-order valence-corrected chi connectivity index (χ0v) is 15.5. The standard InChI is InChI=1S/C22H17NO6/c1-15-13-17(22(25)16-5-3-2-4-6-16)7-12-20(15)29-21(24)14-28-19-10-8-18(9-11-19)23(26)27/h2-13H,14H2,1H3. The fourth-order valence-electron chi connectivity index (χ4n) is 2.62. The van der Waals surface area contributed by atoms with Gasteiger partial charge in [-0.2, -0.15) is 0 Å². The number of carbonyl (C=O) groups is 2. The summed E-state index contributed by atoms with van der Waals surface area (Å²) in [6, 6.07) is 19.1. The lowest BCUT2D eigenvalue weighted by Gasteiger charge is -2.10. The molecule has 0 saturated carbocycles. The van der Waals surface area contributed by atoms with Crippen LogP contribution in [0.15, 0.2) is 72.8 Å². The van der Waals surface area contributed by atoms with E-state index in [0.29, 0.717) is 28.2 Å². The molecule has 3 aromatic rings. The van der Waals surface area contributed by atoms with E-state index in [2.05, 4.69) is 0 Å². The van der Waals surface area contributed by atoms with E-state index < -0.39 is 10.9 Å². The van der Waals surface area contributed by atoms with E-state index in [0.717, 1.165) is 0 Å². The Morgan fingerprint density at radius 3 is 2.24 bits per heavy atom. The molecule has 0 fully saturated rings. The maximum absolute atomic E-state index is 12.5. The number of non-ortho nitro benzene ring substituents is 1. The lowest BCUT2D eigenvalue weighted by Crippen LogP contribution is -2.18. The Labute approximate surface area is 166 Å². The van der Waals surface area contributed by atoms with Crippen LogP contribution in [0.1, 0.15) is 21.5 Å². The number of hydrogen-bond acceptors (Lipinski definition) is 6. The van der Waals surface area contributed by atoms with Gasteiger partial charge in [-0.05, 0) is 42.8 Å². The van der Waals surface area contributed by atoms with E-state index in [9.17, 15) is 19.7 Å². The first-order valence-corrected chi connectivity index (χ1v) is 8.72. The van der Waals surface area contributed by atoms with Crippen molar-refractivity contribution in [3.8, 4) is 11.5 Å². The van der Waals surface area contributed by atoms with Crippen LogP contribution in [-0.4, -0.2) is 23.3 Å². The van der Waals surface area contributed by atoms with Crippen LogP contribution < -0.4 is 9.47 Å². The Bertz CT molecular complexity index is 1040. The van der Waals surface area contributed by atoms with Crippen molar-refractivity contribution in [3.63, 3.8) is 0 Å². The highest BCUT2D eigenvalue weighted by molar-refractivity contribution is 6.09. The maximum Gasteiger partial charge on any atom is 0.349 e. The Morgan fingerprint density at radius 2 is 1.62 bits per heavy atom. The van der Waals surface area contributed by atoms with Crippen molar-refractivity contribution in [1.82, 2.24) is 0 Å². The number of esters is 1. The largest absolute Gasteiger partial charge is 0.482 e. The van der Waals surface area contributed by atoms with Gasteiger partial charge in [0.25, 0.3) is 5.69 Å². The fourth-order valence-corrected chi connectivity index (χ4v) is 2.62. The normalized spacial score (nSPS) is 10.2. The lowest BCUT2D eigenvalue weighted by molar-refractivity contribution is -0.384. The summed E-state index contributed by atoms with van der Waals surface area (Å²) < 4.78 is 10.6. The molecule has 0 saturated heterocycles. The topological polar surface area (TPSA) is 95.7 Å². The van der Waals surface area contributed by atoms with Crippen LogP contribution in [0, 0.1) is 17.0 Å². The van der Waals surface area contributed by atoms with Crippen LogP contribution in [0.5, 0.6) is 11.5 Å². The molecule has 0 spiro atoms. The summed E-state index contributed by atoms with van der Waals surface area (Å²) in [5.74, 6) is -0.110. The second kappa shape index (κ2) is 8.79. The van der Waals surface area contributed by atoms with Gasteiger partial charge in [0.2, 0.25) is 0 Å². The zero-order chi connectivity index (χ0) is 20.8. The molecule has 0 aliphatic heterocycles. The zero-order valence-electron chi connectivity index (χ0n) is 15.5. The minimum Gasteiger partial charge on any atom is -0.482 e. The van der Waals surface area contributed by atoms with Crippen molar-refractivity contribution >= 4 is 17.4 Å². The third-order valence-corrected chi connectivity index (χ3v) is 4.10. The first-order valence-electron chi connectivity index (χ1n) is 8.72. The first-order chi connectivity index (χ1) is 13.9. The summed E-state index contributed by atoms with van der Waals surface area (Å²) in [7, 11) is 0. The van der Waals surface area contributed by atoms with Crippen molar-refractivity contribution in [1.29, 1.82) is 0 Å². The molecule has 0 aliphatic carbocycles. The van der Waals surface area contributed by atoms with E-state index in [-0.39, 0.29) is 18.1 Å². The van der Waals surface area contributed by atoms with Crippen LogP contribution in [-0.2, 0) is 4.79 Å². The molecule has 7 heteroatoms. The highest BCUT2D eigenvalue weighted by atomic mass is 16.6. The van der Waals surface area contributed by atoms with E-state index >= 15 is 0 Å². The average Bonchev–Trinajstić information content (AvgIpc) is 2.74. The van der Waals surface area contributed by atoms with E-state index in [4.69, 9.17) is 9.47 Å². The molecule has 3 rings (SSSR count). The van der Waals surface area contributed by atoms with Crippen LogP contribution >= 0.6 is 0 Å². The molecule has 0 unspecified atom stereocenters.